The molecule has 1 aromatic heterocycles. The molecule has 1 aliphatic heterocycles. The Bertz CT molecular complexity index is 664. The fourth-order valence-corrected chi connectivity index (χ4v) is 2.68. The molecule has 1 fully saturated rings. The van der Waals surface area contributed by atoms with Crippen molar-refractivity contribution in [2.24, 2.45) is 0 Å². The third-order valence-corrected chi connectivity index (χ3v) is 3.78. The number of benzene rings is 1. The average molecular weight is 277 g/mol. The summed E-state index contributed by atoms with van der Waals surface area (Å²) in [5.74, 6) is -0.355. The summed E-state index contributed by atoms with van der Waals surface area (Å²) in [7, 11) is 0. The summed E-state index contributed by atoms with van der Waals surface area (Å²) in [5.41, 5.74) is 1.15. The zero-order valence-electron chi connectivity index (χ0n) is 11.2. The lowest BCUT2D eigenvalue weighted by Gasteiger charge is -2.29. The number of carbonyl (C=O) groups is 1. The van der Waals surface area contributed by atoms with E-state index in [0.717, 1.165) is 6.42 Å². The van der Waals surface area contributed by atoms with Crippen molar-refractivity contribution in [1.82, 2.24) is 4.90 Å². The molecule has 1 N–H and O–H groups in total. The highest BCUT2D eigenvalue weighted by Crippen LogP contribution is 2.27. The van der Waals surface area contributed by atoms with E-state index in [2.05, 4.69) is 0 Å². The first kappa shape index (κ1) is 13.1. The van der Waals surface area contributed by atoms with Crippen molar-refractivity contribution in [3.63, 3.8) is 0 Å². The first-order valence-corrected chi connectivity index (χ1v) is 6.72. The van der Waals surface area contributed by atoms with Crippen molar-refractivity contribution in [2.45, 2.75) is 25.9 Å². The zero-order valence-corrected chi connectivity index (χ0v) is 11.2. The van der Waals surface area contributed by atoms with E-state index in [1.54, 1.807) is 11.8 Å². The van der Waals surface area contributed by atoms with E-state index in [-0.39, 0.29) is 17.5 Å². The molecule has 1 saturated heterocycles. The molecule has 0 aliphatic carbocycles. The van der Waals surface area contributed by atoms with Crippen LogP contribution in [0.2, 0.25) is 0 Å². The van der Waals surface area contributed by atoms with Crippen molar-refractivity contribution in [2.75, 3.05) is 13.1 Å². The summed E-state index contributed by atoms with van der Waals surface area (Å²) in [5, 5.41) is 10.3. The Balaban J connectivity index is 1.97. The Hall–Kier alpha value is -1.88. The van der Waals surface area contributed by atoms with Crippen LogP contribution in [0.3, 0.4) is 0 Å². The third kappa shape index (κ3) is 2.18. The van der Waals surface area contributed by atoms with Gasteiger partial charge >= 0.3 is 0 Å². The van der Waals surface area contributed by atoms with Crippen LogP contribution in [0, 0.1) is 12.7 Å². The summed E-state index contributed by atoms with van der Waals surface area (Å²) < 4.78 is 18.8. The number of furan rings is 1. The number of hydrogen-bond acceptors (Lipinski definition) is 3. The molecule has 2 aromatic rings. The normalized spacial score (nSPS) is 19.6. The van der Waals surface area contributed by atoms with E-state index >= 15 is 0 Å². The lowest BCUT2D eigenvalue weighted by Crippen LogP contribution is -2.42. The molecule has 0 bridgehead atoms. The predicted molar refractivity (Wildman–Crippen MR) is 72.1 cm³/mol. The second kappa shape index (κ2) is 4.90. The number of carbonyl (C=O) groups excluding carboxylic acids is 1. The highest BCUT2D eigenvalue weighted by atomic mass is 19.1. The second-order valence-corrected chi connectivity index (χ2v) is 5.24. The minimum atomic E-state index is -0.477. The average Bonchev–Trinajstić information content (AvgIpc) is 2.75. The maximum Gasteiger partial charge on any atom is 0.289 e. The van der Waals surface area contributed by atoms with Gasteiger partial charge in [0, 0.05) is 24.0 Å². The van der Waals surface area contributed by atoms with Crippen LogP contribution in [0.25, 0.3) is 11.0 Å². The first-order valence-electron chi connectivity index (χ1n) is 6.72. The highest BCUT2D eigenvalue weighted by molar-refractivity contribution is 5.99. The minimum Gasteiger partial charge on any atom is -0.451 e. The van der Waals surface area contributed by atoms with Gasteiger partial charge in [-0.15, -0.1) is 0 Å². The quantitative estimate of drug-likeness (QED) is 0.871. The molecular formula is C15H16FNO3. The largest absolute Gasteiger partial charge is 0.451 e. The van der Waals surface area contributed by atoms with Gasteiger partial charge < -0.3 is 14.4 Å². The van der Waals surface area contributed by atoms with Gasteiger partial charge in [0.15, 0.2) is 5.76 Å². The van der Waals surface area contributed by atoms with Crippen molar-refractivity contribution >= 4 is 16.9 Å². The fraction of sp³-hybridized carbons (Fsp3) is 0.400. The Morgan fingerprint density at radius 2 is 2.30 bits per heavy atom. The summed E-state index contributed by atoms with van der Waals surface area (Å²) in [6, 6.07) is 4.21. The summed E-state index contributed by atoms with van der Waals surface area (Å²) in [6.07, 6.45) is 1.02. The smallest absolute Gasteiger partial charge is 0.289 e. The van der Waals surface area contributed by atoms with Gasteiger partial charge in [-0.25, -0.2) is 4.39 Å². The number of piperidine rings is 1. The van der Waals surface area contributed by atoms with E-state index in [0.29, 0.717) is 36.0 Å². The van der Waals surface area contributed by atoms with Crippen molar-refractivity contribution in [1.29, 1.82) is 0 Å². The highest BCUT2D eigenvalue weighted by Gasteiger charge is 2.27. The van der Waals surface area contributed by atoms with Gasteiger partial charge in [0.05, 0.1) is 6.10 Å². The Morgan fingerprint density at radius 1 is 1.50 bits per heavy atom. The lowest BCUT2D eigenvalue weighted by atomic mass is 10.1. The number of aliphatic hydroxyl groups excluding tert-OH is 1. The zero-order chi connectivity index (χ0) is 14.3. The summed E-state index contributed by atoms with van der Waals surface area (Å²) in [4.78, 5) is 14.0. The molecule has 0 spiro atoms. The number of halogens is 1. The van der Waals surface area contributed by atoms with Crippen LogP contribution in [-0.2, 0) is 0 Å². The minimum absolute atomic E-state index is 0.236. The van der Waals surface area contributed by atoms with Gasteiger partial charge in [-0.3, -0.25) is 4.79 Å². The predicted octanol–water partition coefficient (Wildman–Crippen LogP) is 2.48. The van der Waals surface area contributed by atoms with Crippen LogP contribution < -0.4 is 0 Å². The van der Waals surface area contributed by atoms with Gasteiger partial charge in [0.25, 0.3) is 5.91 Å². The molecule has 3 rings (SSSR count). The number of hydrogen-bond donors (Lipinski definition) is 1. The standard InChI is InChI=1S/C15H16FNO3/c1-9-12-7-10(16)4-5-13(12)20-14(9)15(19)17-6-2-3-11(18)8-17/h4-5,7,11,18H,2-3,6,8H2,1H3. The number of fused-ring (bicyclic) bond motifs is 1. The van der Waals surface area contributed by atoms with E-state index in [4.69, 9.17) is 4.42 Å². The molecule has 1 aromatic carbocycles. The fourth-order valence-electron chi connectivity index (χ4n) is 2.68. The number of rotatable bonds is 1. The van der Waals surface area contributed by atoms with Gasteiger partial charge in [-0.05, 0) is 38.0 Å². The number of aryl methyl sites for hydroxylation is 1. The van der Waals surface area contributed by atoms with Crippen molar-refractivity contribution < 1.29 is 18.7 Å². The number of nitrogens with zero attached hydrogens (tertiary/aromatic N) is 1. The molecule has 5 heteroatoms. The molecule has 1 amide bonds. The molecule has 0 radical (unpaired) electrons. The van der Waals surface area contributed by atoms with E-state index in [1.807, 2.05) is 0 Å². The molecule has 0 saturated carbocycles. The number of β-amino-alcohol motifs (C(OH)–C–C–N with tert-alkyl or cyclic N) is 1. The number of aliphatic hydroxyl groups is 1. The number of likely N-dealkylation sites (tertiary alicyclic amines) is 1. The molecule has 1 unspecified atom stereocenters. The van der Waals surface area contributed by atoms with Crippen LogP contribution >= 0.6 is 0 Å². The summed E-state index contributed by atoms with van der Waals surface area (Å²) >= 11 is 0. The maximum absolute atomic E-state index is 13.3. The van der Waals surface area contributed by atoms with E-state index < -0.39 is 6.10 Å². The summed E-state index contributed by atoms with van der Waals surface area (Å²) in [6.45, 7) is 2.68. The molecule has 20 heavy (non-hydrogen) atoms. The monoisotopic (exact) mass is 277 g/mol. The molecular weight excluding hydrogens is 261 g/mol. The molecule has 1 aliphatic rings. The topological polar surface area (TPSA) is 53.7 Å². The van der Waals surface area contributed by atoms with Crippen LogP contribution in [-0.4, -0.2) is 35.1 Å². The van der Waals surface area contributed by atoms with Crippen LogP contribution in [0.4, 0.5) is 4.39 Å². The van der Waals surface area contributed by atoms with E-state index in [9.17, 15) is 14.3 Å². The Labute approximate surface area is 115 Å². The molecule has 4 nitrogen and oxygen atoms in total. The Kier molecular flexibility index (Phi) is 3.22. The van der Waals surface area contributed by atoms with Gasteiger partial charge in [-0.1, -0.05) is 0 Å². The van der Waals surface area contributed by atoms with Crippen LogP contribution in [0.15, 0.2) is 22.6 Å². The van der Waals surface area contributed by atoms with Gasteiger partial charge in [0.2, 0.25) is 0 Å². The van der Waals surface area contributed by atoms with Gasteiger partial charge in [0.1, 0.15) is 11.4 Å². The molecule has 106 valence electrons. The van der Waals surface area contributed by atoms with Crippen LogP contribution in [0.1, 0.15) is 29.0 Å². The molecule has 1 atom stereocenters. The van der Waals surface area contributed by atoms with Crippen molar-refractivity contribution in [3.05, 3.63) is 35.3 Å². The SMILES string of the molecule is Cc1c(C(=O)N2CCCC(O)C2)oc2ccc(F)cc12. The third-order valence-electron chi connectivity index (χ3n) is 3.78. The van der Waals surface area contributed by atoms with E-state index in [1.165, 1.54) is 18.2 Å². The van der Waals surface area contributed by atoms with Gasteiger partial charge in [-0.2, -0.15) is 0 Å². The first-order chi connectivity index (χ1) is 9.56. The Morgan fingerprint density at radius 3 is 3.05 bits per heavy atom. The lowest BCUT2D eigenvalue weighted by molar-refractivity contribution is 0.0449. The van der Waals surface area contributed by atoms with Crippen LogP contribution in [0.5, 0.6) is 0 Å². The second-order valence-electron chi connectivity index (χ2n) is 5.24. The number of amides is 1. The van der Waals surface area contributed by atoms with Crippen molar-refractivity contribution in [3.8, 4) is 0 Å². The maximum atomic E-state index is 13.3. The molecule has 2 heterocycles.